The first-order valence-corrected chi connectivity index (χ1v) is 7.85. The van der Waals surface area contributed by atoms with Crippen molar-refractivity contribution in [1.82, 2.24) is 19.7 Å². The molecule has 0 unspecified atom stereocenters. The molecule has 0 saturated carbocycles. The number of fused-ring (bicyclic) bond motifs is 1. The van der Waals surface area contributed by atoms with Crippen molar-refractivity contribution in [3.63, 3.8) is 0 Å². The van der Waals surface area contributed by atoms with Crippen molar-refractivity contribution in [1.29, 1.82) is 0 Å². The van der Waals surface area contributed by atoms with E-state index in [1.165, 1.54) is 16.8 Å². The first-order chi connectivity index (χ1) is 13.3. The first kappa shape index (κ1) is 22.2. The van der Waals surface area contributed by atoms with Crippen molar-refractivity contribution in [2.24, 2.45) is 0 Å². The van der Waals surface area contributed by atoms with E-state index < -0.39 is 35.8 Å². The van der Waals surface area contributed by atoms with E-state index in [0.717, 1.165) is 12.1 Å². The van der Waals surface area contributed by atoms with Crippen LogP contribution in [0.2, 0.25) is 0 Å². The van der Waals surface area contributed by atoms with E-state index in [4.69, 9.17) is 0 Å². The lowest BCUT2D eigenvalue weighted by Crippen LogP contribution is -2.22. The number of halogens is 6. The molecule has 0 aliphatic carbocycles. The number of aliphatic hydroxyl groups is 1. The van der Waals surface area contributed by atoms with Gasteiger partial charge in [0.15, 0.2) is 0 Å². The molecule has 3 N–H and O–H groups in total. The molecule has 2 heterocycles. The fraction of sp³-hybridized carbons (Fsp3) is 0.312. The van der Waals surface area contributed by atoms with Crippen LogP contribution in [-0.2, 0) is 19.3 Å². The number of hydrogen-bond acceptors (Lipinski definition) is 4. The number of rotatable bonds is 3. The minimum absolute atomic E-state index is 0.0219. The van der Waals surface area contributed by atoms with Gasteiger partial charge >= 0.3 is 18.0 Å². The van der Waals surface area contributed by atoms with Crippen LogP contribution in [0.25, 0.3) is 11.0 Å². The van der Waals surface area contributed by atoms with E-state index in [2.05, 4.69) is 10.1 Å². The Balaban J connectivity index is 0.000000537. The minimum atomic E-state index is -4.43. The number of alkyl halides is 6. The Labute approximate surface area is 157 Å². The molecule has 158 valence electrons. The van der Waals surface area contributed by atoms with Gasteiger partial charge in [-0.3, -0.25) is 14.8 Å². The van der Waals surface area contributed by atoms with Crippen molar-refractivity contribution in [2.75, 3.05) is 0 Å². The lowest BCUT2D eigenvalue weighted by atomic mass is 10.1. The zero-order valence-corrected chi connectivity index (χ0v) is 14.6. The van der Waals surface area contributed by atoms with Crippen molar-refractivity contribution in [2.45, 2.75) is 32.4 Å². The van der Waals surface area contributed by atoms with Crippen molar-refractivity contribution < 1.29 is 31.4 Å². The smallest absolute Gasteiger partial charge is 0.390 e. The molecule has 0 fully saturated rings. The molecule has 3 aromatic rings. The largest absolute Gasteiger partial charge is 0.416 e. The summed E-state index contributed by atoms with van der Waals surface area (Å²) >= 11 is 0. The second-order valence-electron chi connectivity index (χ2n) is 5.87. The van der Waals surface area contributed by atoms with Crippen LogP contribution < -0.4 is 11.2 Å². The van der Waals surface area contributed by atoms with Gasteiger partial charge in [0.05, 0.1) is 18.7 Å². The molecule has 3 rings (SSSR count). The monoisotopic (exact) mass is 424 g/mol. The summed E-state index contributed by atoms with van der Waals surface area (Å²) in [6, 6.07) is 4.42. The van der Waals surface area contributed by atoms with Crippen LogP contribution in [-0.4, -0.2) is 31.0 Å². The summed E-state index contributed by atoms with van der Waals surface area (Å²) in [4.78, 5) is 27.7. The highest BCUT2D eigenvalue weighted by Crippen LogP contribution is 2.29. The van der Waals surface area contributed by atoms with Crippen LogP contribution in [0.4, 0.5) is 26.3 Å². The molecule has 1 aromatic carbocycles. The van der Waals surface area contributed by atoms with Crippen molar-refractivity contribution in [3.05, 3.63) is 61.9 Å². The van der Waals surface area contributed by atoms with Gasteiger partial charge in [0, 0.05) is 6.92 Å². The summed E-state index contributed by atoms with van der Waals surface area (Å²) in [5.41, 5.74) is -1.58. The maximum absolute atomic E-state index is 12.6. The highest BCUT2D eigenvalue weighted by molar-refractivity contribution is 5.76. The first-order valence-electron chi connectivity index (χ1n) is 7.85. The normalized spacial score (nSPS) is 12.0. The van der Waals surface area contributed by atoms with E-state index in [9.17, 15) is 41.0 Å². The number of benzene rings is 1. The van der Waals surface area contributed by atoms with Gasteiger partial charge in [-0.2, -0.15) is 31.4 Å². The molecule has 0 atom stereocenters. The van der Waals surface area contributed by atoms with Gasteiger partial charge in [-0.15, -0.1) is 0 Å². The Kier molecular flexibility index (Phi) is 6.21. The Bertz CT molecular complexity index is 1090. The van der Waals surface area contributed by atoms with Crippen molar-refractivity contribution in [3.8, 4) is 0 Å². The summed E-state index contributed by atoms with van der Waals surface area (Å²) in [7, 11) is 0. The molecule has 0 bridgehead atoms. The molecule has 0 aliphatic heterocycles. The Morgan fingerprint density at radius 1 is 1.03 bits per heavy atom. The lowest BCUT2D eigenvalue weighted by Gasteiger charge is -2.08. The quantitative estimate of drug-likeness (QED) is 0.562. The van der Waals surface area contributed by atoms with E-state index in [1.807, 2.05) is 4.98 Å². The SMILES string of the molecule is CC(F)(F)F.O=c1[nH]c(=O)c2c(CO)nn(Cc3ccc(C(F)(F)F)cc3)c2[nH]1. The molecule has 29 heavy (non-hydrogen) atoms. The van der Waals surface area contributed by atoms with Gasteiger partial charge in [-0.1, -0.05) is 12.1 Å². The second kappa shape index (κ2) is 8.11. The number of H-pyrrole nitrogens is 2. The van der Waals surface area contributed by atoms with Gasteiger partial charge in [0.25, 0.3) is 5.56 Å². The Morgan fingerprint density at radius 3 is 2.07 bits per heavy atom. The summed E-state index contributed by atoms with van der Waals surface area (Å²) in [5, 5.41) is 13.4. The summed E-state index contributed by atoms with van der Waals surface area (Å²) in [6.07, 6.45) is -8.43. The van der Waals surface area contributed by atoms with E-state index in [0.29, 0.717) is 5.56 Å². The highest BCUT2D eigenvalue weighted by Gasteiger charge is 2.30. The second-order valence-corrected chi connectivity index (χ2v) is 5.87. The maximum atomic E-state index is 12.6. The van der Waals surface area contributed by atoms with Gasteiger partial charge in [-0.05, 0) is 17.7 Å². The number of aromatic nitrogens is 4. The highest BCUT2D eigenvalue weighted by atomic mass is 19.4. The number of nitrogens with one attached hydrogen (secondary N) is 2. The van der Waals surface area contributed by atoms with Gasteiger partial charge in [0.1, 0.15) is 16.7 Å². The third-order valence-corrected chi connectivity index (χ3v) is 3.47. The fourth-order valence-corrected chi connectivity index (χ4v) is 2.38. The molecule has 13 heteroatoms. The Morgan fingerprint density at radius 2 is 1.59 bits per heavy atom. The van der Waals surface area contributed by atoms with Crippen LogP contribution in [0, 0.1) is 0 Å². The maximum Gasteiger partial charge on any atom is 0.416 e. The molecule has 7 nitrogen and oxygen atoms in total. The average Bonchev–Trinajstić information content (AvgIpc) is 2.91. The van der Waals surface area contributed by atoms with Gasteiger partial charge < -0.3 is 5.11 Å². The third-order valence-electron chi connectivity index (χ3n) is 3.47. The van der Waals surface area contributed by atoms with Crippen LogP contribution >= 0.6 is 0 Å². The lowest BCUT2D eigenvalue weighted by molar-refractivity contribution is -0.137. The predicted octanol–water partition coefficient (Wildman–Crippen LogP) is 2.54. The molecule has 0 amide bonds. The van der Waals surface area contributed by atoms with E-state index >= 15 is 0 Å². The van der Waals surface area contributed by atoms with Crippen LogP contribution in [0.5, 0.6) is 0 Å². The fourth-order valence-electron chi connectivity index (χ4n) is 2.38. The van der Waals surface area contributed by atoms with Gasteiger partial charge in [0.2, 0.25) is 0 Å². The van der Waals surface area contributed by atoms with E-state index in [1.54, 1.807) is 0 Å². The molecule has 0 saturated heterocycles. The molecular weight excluding hydrogens is 410 g/mol. The summed E-state index contributed by atoms with van der Waals surface area (Å²) in [6.45, 7) is -0.313. The third kappa shape index (κ3) is 5.94. The minimum Gasteiger partial charge on any atom is -0.390 e. The van der Waals surface area contributed by atoms with Crippen LogP contribution in [0.1, 0.15) is 23.7 Å². The molecule has 0 aliphatic rings. The Hall–Kier alpha value is -3.09. The molecular formula is C16H14F6N4O3. The standard InChI is InChI=1S/C14H11F3N4O3.C2H3F3/c15-14(16,17)8-3-1-7(2-4-8)5-21-11-10(9(6-22)20-21)12(23)19-13(24)18-11;1-2(3,4)5/h1-4,22H,5-6H2,(H2,18,19,23,24);1H3. The average molecular weight is 424 g/mol. The molecule has 0 radical (unpaired) electrons. The summed E-state index contributed by atoms with van der Waals surface area (Å²) < 4.78 is 70.0. The zero-order valence-electron chi connectivity index (χ0n) is 14.6. The summed E-state index contributed by atoms with van der Waals surface area (Å²) in [5.74, 6) is 0. The number of aliphatic hydroxyl groups excluding tert-OH is 1. The zero-order chi connectivity index (χ0) is 22.0. The molecule has 2 aromatic heterocycles. The number of nitrogens with zero attached hydrogens (tertiary/aromatic N) is 2. The van der Waals surface area contributed by atoms with Crippen LogP contribution in [0.15, 0.2) is 33.9 Å². The predicted molar refractivity (Wildman–Crippen MR) is 89.2 cm³/mol. The van der Waals surface area contributed by atoms with Crippen LogP contribution in [0.3, 0.4) is 0 Å². The van der Waals surface area contributed by atoms with Gasteiger partial charge in [-0.25, -0.2) is 9.48 Å². The number of hydrogen-bond donors (Lipinski definition) is 3. The number of aromatic amines is 2. The molecule has 0 spiro atoms. The van der Waals surface area contributed by atoms with Crippen molar-refractivity contribution >= 4 is 11.0 Å². The van der Waals surface area contributed by atoms with E-state index in [-0.39, 0.29) is 30.2 Å². The topological polar surface area (TPSA) is 104 Å².